The summed E-state index contributed by atoms with van der Waals surface area (Å²) in [5.41, 5.74) is 0. The van der Waals surface area contributed by atoms with Gasteiger partial charge in [-0.05, 0) is 51.4 Å². The van der Waals surface area contributed by atoms with E-state index in [-0.39, 0.29) is 81.0 Å². The molecule has 0 aromatic rings. The molecule has 0 aliphatic carbocycles. The van der Waals surface area contributed by atoms with E-state index in [0.29, 0.717) is 0 Å². The van der Waals surface area contributed by atoms with Gasteiger partial charge in [0.15, 0.2) is 0 Å². The zero-order valence-electron chi connectivity index (χ0n) is 33.3. The zero-order valence-corrected chi connectivity index (χ0v) is 44.3. The van der Waals surface area contributed by atoms with Crippen molar-refractivity contribution in [2.75, 3.05) is 0 Å². The van der Waals surface area contributed by atoms with Crippen molar-refractivity contribution in [3.05, 3.63) is 0 Å². The summed E-state index contributed by atoms with van der Waals surface area (Å²) >= 11 is 0. The van der Waals surface area contributed by atoms with E-state index in [1.54, 1.807) is 0 Å². The topological polar surface area (TPSA) is 161 Å². The third-order valence-corrected chi connectivity index (χ3v) is 7.94. The molecule has 288 valence electrons. The van der Waals surface area contributed by atoms with E-state index in [9.17, 15) is 39.6 Å². The first-order valence-electron chi connectivity index (χ1n) is 19.9. The van der Waals surface area contributed by atoms with Crippen molar-refractivity contribution in [3.8, 4) is 0 Å². The molecule has 0 radical (unpaired) electrons. The van der Waals surface area contributed by atoms with Crippen molar-refractivity contribution < 1.29 is 94.9 Å². The van der Waals surface area contributed by atoms with E-state index < -0.39 is 23.9 Å². The quantitative estimate of drug-likeness (QED) is 0.0495. The van der Waals surface area contributed by atoms with Gasteiger partial charge in [-0.25, -0.2) is 0 Å². The maximum Gasteiger partial charge on any atom is 2.00 e. The van der Waals surface area contributed by atoms with Gasteiger partial charge in [0.2, 0.25) is 0 Å². The number of aliphatic carboxylic acids is 4. The van der Waals surface area contributed by atoms with E-state index in [1.807, 2.05) is 0 Å². The molecule has 10 heteroatoms. The van der Waals surface area contributed by atoms with Gasteiger partial charge < -0.3 is 39.6 Å². The summed E-state index contributed by atoms with van der Waals surface area (Å²) in [6, 6.07) is 0. The molecule has 50 heavy (non-hydrogen) atoms. The van der Waals surface area contributed by atoms with Crippen LogP contribution in [0.5, 0.6) is 0 Å². The Labute approximate surface area is 349 Å². The Morgan fingerprint density at radius 3 is 0.500 bits per heavy atom. The first-order valence-corrected chi connectivity index (χ1v) is 19.9. The summed E-state index contributed by atoms with van der Waals surface area (Å²) in [7, 11) is 0. The monoisotopic (exact) mass is 1090 g/mol. The van der Waals surface area contributed by atoms with Crippen molar-refractivity contribution >= 4 is 23.9 Å². The summed E-state index contributed by atoms with van der Waals surface area (Å²) in [4.78, 5) is 40.1. The molecule has 0 heterocycles. The van der Waals surface area contributed by atoms with Gasteiger partial charge in [0.05, 0.1) is 0 Å². The molecule has 0 atom stereocenters. The molecule has 0 saturated heterocycles. The molecule has 0 aliphatic rings. The Bertz CT molecular complexity index is 566. The summed E-state index contributed by atoms with van der Waals surface area (Å²) < 4.78 is 0. The van der Waals surface area contributed by atoms with Crippen molar-refractivity contribution in [1.82, 2.24) is 0 Å². The van der Waals surface area contributed by atoms with Crippen LogP contribution in [0, 0.1) is 0 Å². The van der Waals surface area contributed by atoms with Gasteiger partial charge in [0, 0.05) is 23.9 Å². The molecule has 0 saturated carbocycles. The Hall–Kier alpha value is -0.250. The van der Waals surface area contributed by atoms with Gasteiger partial charge in [-0.3, -0.25) is 0 Å². The number of carbonyl (C=O) groups is 4. The van der Waals surface area contributed by atoms with Gasteiger partial charge in [-0.1, -0.05) is 182 Å². The second kappa shape index (κ2) is 58.1. The minimum Gasteiger partial charge on any atom is -0.550 e. The SMILES string of the molecule is CCCCCCCCCC(=O)[O-].CCCCCCCCCC(=O)[O-].CCCCCCCCCC(=O)[O-].CCCCCCCCCC(=O)[O-].[Hg+2].[Hg+2]. The smallest absolute Gasteiger partial charge is 0.550 e. The number of carboxylic acid groups (broad SMARTS) is 4. The second-order valence-electron chi connectivity index (χ2n) is 13.0. The Morgan fingerprint density at radius 1 is 0.260 bits per heavy atom. The van der Waals surface area contributed by atoms with Crippen molar-refractivity contribution in [2.24, 2.45) is 0 Å². The average Bonchev–Trinajstić information content (AvgIpc) is 3.03. The third-order valence-electron chi connectivity index (χ3n) is 7.94. The fourth-order valence-electron chi connectivity index (χ4n) is 4.91. The molecule has 0 bridgehead atoms. The van der Waals surface area contributed by atoms with E-state index in [2.05, 4.69) is 27.7 Å². The maximum atomic E-state index is 10.0. The van der Waals surface area contributed by atoms with Crippen LogP contribution < -0.4 is 20.4 Å². The first kappa shape index (κ1) is 61.8. The van der Waals surface area contributed by atoms with Crippen molar-refractivity contribution in [1.29, 1.82) is 0 Å². The fourth-order valence-corrected chi connectivity index (χ4v) is 4.91. The van der Waals surface area contributed by atoms with Crippen LogP contribution in [0.1, 0.15) is 233 Å². The van der Waals surface area contributed by atoms with E-state index in [0.717, 1.165) is 51.4 Å². The number of rotatable bonds is 32. The number of carbonyl (C=O) groups excluding carboxylic acids is 4. The molecule has 0 aliphatic heterocycles. The van der Waals surface area contributed by atoms with Gasteiger partial charge in [-0.2, -0.15) is 0 Å². The number of hydrogen-bond donors (Lipinski definition) is 0. The summed E-state index contributed by atoms with van der Waals surface area (Å²) in [5, 5.41) is 40.1. The van der Waals surface area contributed by atoms with Crippen LogP contribution >= 0.6 is 0 Å². The largest absolute Gasteiger partial charge is 2.00 e. The fraction of sp³-hybridized carbons (Fsp3) is 0.900. The summed E-state index contributed by atoms with van der Waals surface area (Å²) in [5.74, 6) is -3.65. The molecule has 0 spiro atoms. The third kappa shape index (κ3) is 81.7. The molecule has 0 fully saturated rings. The molecule has 0 amide bonds. The molecule has 8 nitrogen and oxygen atoms in total. The Kier molecular flexibility index (Phi) is 71.7. The van der Waals surface area contributed by atoms with E-state index >= 15 is 0 Å². The van der Waals surface area contributed by atoms with Crippen molar-refractivity contribution in [3.63, 3.8) is 0 Å². The predicted molar refractivity (Wildman–Crippen MR) is 190 cm³/mol. The molecule has 0 aromatic carbocycles. The van der Waals surface area contributed by atoms with Crippen LogP contribution in [0.15, 0.2) is 0 Å². The van der Waals surface area contributed by atoms with Crippen LogP contribution in [0.2, 0.25) is 0 Å². The van der Waals surface area contributed by atoms with Gasteiger partial charge in [0.1, 0.15) is 0 Å². The van der Waals surface area contributed by atoms with Crippen LogP contribution in [0.3, 0.4) is 0 Å². The van der Waals surface area contributed by atoms with Crippen LogP contribution in [-0.4, -0.2) is 23.9 Å². The second-order valence-corrected chi connectivity index (χ2v) is 13.0. The molecular formula is C40H76Hg2O8. The Morgan fingerprint density at radius 2 is 0.380 bits per heavy atom. The molecular weight excluding hydrogens is 1010 g/mol. The number of hydrogen-bond acceptors (Lipinski definition) is 8. The van der Waals surface area contributed by atoms with Gasteiger partial charge in [0.25, 0.3) is 0 Å². The number of carboxylic acids is 4. The standard InChI is InChI=1S/4C10H20O2.2Hg/c4*1-2-3-4-5-6-7-8-9-10(11)12;;/h4*2-9H2,1H3,(H,11,12);;/q;;;;2*+2/p-4. The zero-order chi connectivity index (χ0) is 36.9. The molecule has 0 N–H and O–H groups in total. The van der Waals surface area contributed by atoms with Gasteiger partial charge in [-0.15, -0.1) is 0 Å². The number of unbranched alkanes of at least 4 members (excludes halogenated alkanes) is 24. The van der Waals surface area contributed by atoms with E-state index in [4.69, 9.17) is 0 Å². The molecule has 0 rings (SSSR count). The molecule has 0 unspecified atom stereocenters. The van der Waals surface area contributed by atoms with Crippen LogP contribution in [0.25, 0.3) is 0 Å². The maximum absolute atomic E-state index is 10.0. The minimum atomic E-state index is -0.913. The first-order chi connectivity index (χ1) is 23.1. The van der Waals surface area contributed by atoms with E-state index in [1.165, 1.54) is 128 Å². The Balaban J connectivity index is -0.000000127. The minimum absolute atomic E-state index is 0. The predicted octanol–water partition coefficient (Wildman–Crippen LogP) is 7.50. The average molecular weight is 1090 g/mol. The summed E-state index contributed by atoms with van der Waals surface area (Å²) in [6.07, 6.45) is 33.4. The summed E-state index contributed by atoms with van der Waals surface area (Å²) in [6.45, 7) is 8.76. The van der Waals surface area contributed by atoms with Crippen molar-refractivity contribution in [2.45, 2.75) is 233 Å². The van der Waals surface area contributed by atoms with Crippen LogP contribution in [-0.2, 0) is 74.5 Å². The van der Waals surface area contributed by atoms with Crippen LogP contribution in [0.4, 0.5) is 0 Å². The van der Waals surface area contributed by atoms with Gasteiger partial charge >= 0.3 is 55.3 Å². The molecule has 0 aromatic heterocycles. The normalized spacial score (nSPS) is 9.68.